The van der Waals surface area contributed by atoms with Gasteiger partial charge in [-0.05, 0) is 25.1 Å². The minimum Gasteiger partial charge on any atom is -0.366 e. The van der Waals surface area contributed by atoms with E-state index in [-0.39, 0.29) is 17.3 Å². The molecule has 3 fully saturated rings. The Balaban J connectivity index is 1.44. The van der Waals surface area contributed by atoms with Crippen molar-refractivity contribution in [2.45, 2.75) is 6.92 Å². The lowest BCUT2D eigenvalue weighted by Gasteiger charge is -2.51. The molecule has 0 saturated carbocycles. The summed E-state index contributed by atoms with van der Waals surface area (Å²) in [6, 6.07) is 9.46. The third-order valence-electron chi connectivity index (χ3n) is 6.36. The molecule has 160 valence electrons. The van der Waals surface area contributed by atoms with Crippen LogP contribution in [0, 0.1) is 22.7 Å². The third-order valence-corrected chi connectivity index (χ3v) is 6.66. The zero-order chi connectivity index (χ0) is 21.8. The van der Waals surface area contributed by atoms with E-state index in [1.54, 1.807) is 0 Å². The molecule has 0 radical (unpaired) electrons. The molecule has 31 heavy (non-hydrogen) atoms. The number of rotatable bonds is 7. The Morgan fingerprint density at radius 1 is 1.19 bits per heavy atom. The van der Waals surface area contributed by atoms with Crippen LogP contribution in [0.25, 0.3) is 0 Å². The third kappa shape index (κ3) is 4.54. The number of H-pyrrole nitrogens is 1. The largest absolute Gasteiger partial charge is 0.366 e. The molecular formula is C21H25ClN9+. The number of aromatic nitrogens is 2. The van der Waals surface area contributed by atoms with E-state index in [0.717, 1.165) is 25.3 Å². The van der Waals surface area contributed by atoms with Gasteiger partial charge in [-0.2, -0.15) is 15.5 Å². The minimum atomic E-state index is -0.00186. The second-order valence-corrected chi connectivity index (χ2v) is 8.41. The lowest BCUT2D eigenvalue weighted by Crippen LogP contribution is -2.68. The van der Waals surface area contributed by atoms with Gasteiger partial charge in [0, 0.05) is 31.9 Å². The highest BCUT2D eigenvalue weighted by Gasteiger charge is 2.38. The van der Waals surface area contributed by atoms with E-state index >= 15 is 0 Å². The summed E-state index contributed by atoms with van der Waals surface area (Å²) in [5.41, 5.74) is 1.64. The van der Waals surface area contributed by atoms with Crippen molar-refractivity contribution in [2.24, 2.45) is 10.2 Å². The summed E-state index contributed by atoms with van der Waals surface area (Å²) in [5, 5.41) is 26.6. The van der Waals surface area contributed by atoms with Gasteiger partial charge >= 0.3 is 0 Å². The van der Waals surface area contributed by atoms with E-state index in [1.165, 1.54) is 43.8 Å². The van der Waals surface area contributed by atoms with E-state index in [1.807, 2.05) is 30.3 Å². The van der Waals surface area contributed by atoms with E-state index in [9.17, 15) is 0 Å². The van der Waals surface area contributed by atoms with Crippen molar-refractivity contribution in [3.05, 3.63) is 34.6 Å². The van der Waals surface area contributed by atoms with Crippen molar-refractivity contribution < 1.29 is 4.48 Å². The number of piperazine rings is 3. The van der Waals surface area contributed by atoms with Crippen LogP contribution in [0.15, 0.2) is 28.4 Å². The predicted molar refractivity (Wildman–Crippen MR) is 118 cm³/mol. The Bertz CT molecular complexity index is 1010. The Labute approximate surface area is 186 Å². The maximum Gasteiger partial charge on any atom is 0.249 e. The molecule has 0 amide bonds. The smallest absolute Gasteiger partial charge is 0.249 e. The summed E-state index contributed by atoms with van der Waals surface area (Å²) in [7, 11) is 0. The van der Waals surface area contributed by atoms with Gasteiger partial charge in [0.1, 0.15) is 17.8 Å². The fraction of sp³-hybridized carbons (Fsp3) is 0.476. The predicted octanol–water partition coefficient (Wildman–Crippen LogP) is 3.19. The standard InChI is InChI=1S/C21H25ClN9/c1-2-30(8-12-31-9-5-29(6-10-31)7-11-31)16-3-4-18(17(22)13-16)27-28-21-25-19(14-23)20(15-24)26-21/h3-4,13H,2,5-12H2,1H3,(H,25,26)/q+1. The number of nitrogens with one attached hydrogen (secondary N) is 1. The molecule has 2 aromatic rings. The Kier molecular flexibility index (Phi) is 6.19. The number of anilines is 1. The monoisotopic (exact) mass is 438 g/mol. The maximum atomic E-state index is 8.99. The van der Waals surface area contributed by atoms with Crippen LogP contribution in [0.4, 0.5) is 17.3 Å². The fourth-order valence-electron chi connectivity index (χ4n) is 4.31. The van der Waals surface area contributed by atoms with Crippen molar-refractivity contribution in [1.82, 2.24) is 14.9 Å². The Morgan fingerprint density at radius 2 is 1.94 bits per heavy atom. The van der Waals surface area contributed by atoms with Gasteiger partial charge in [0.2, 0.25) is 5.95 Å². The second-order valence-electron chi connectivity index (χ2n) is 8.00. The maximum absolute atomic E-state index is 8.99. The molecule has 0 atom stereocenters. The van der Waals surface area contributed by atoms with Crippen LogP contribution >= 0.6 is 11.6 Å². The van der Waals surface area contributed by atoms with Gasteiger partial charge in [-0.15, -0.1) is 10.2 Å². The van der Waals surface area contributed by atoms with Gasteiger partial charge in [-0.3, -0.25) is 4.90 Å². The zero-order valence-corrected chi connectivity index (χ0v) is 18.3. The number of halogens is 1. The highest BCUT2D eigenvalue weighted by atomic mass is 35.5. The summed E-state index contributed by atoms with van der Waals surface area (Å²) >= 11 is 6.47. The first kappa shape index (κ1) is 21.3. The molecule has 1 aromatic heterocycles. The second kappa shape index (κ2) is 9.03. The van der Waals surface area contributed by atoms with Crippen LogP contribution in [0.3, 0.4) is 0 Å². The summed E-state index contributed by atoms with van der Waals surface area (Å²) in [6.07, 6.45) is 0. The number of nitriles is 2. The van der Waals surface area contributed by atoms with Gasteiger partial charge < -0.3 is 14.4 Å². The van der Waals surface area contributed by atoms with Gasteiger partial charge in [0.05, 0.1) is 37.7 Å². The number of likely N-dealkylation sites (N-methyl/N-ethyl adjacent to an activating group) is 1. The number of imidazole rings is 1. The fourth-order valence-corrected chi connectivity index (χ4v) is 4.53. The number of quaternary nitrogens is 1. The number of hydrogen-bond acceptors (Lipinski definition) is 7. The van der Waals surface area contributed by atoms with Crippen molar-refractivity contribution in [2.75, 3.05) is 63.8 Å². The van der Waals surface area contributed by atoms with Crippen molar-refractivity contribution in [3.8, 4) is 12.1 Å². The molecule has 3 aliphatic rings. The molecule has 1 aromatic carbocycles. The molecular weight excluding hydrogens is 414 g/mol. The molecule has 9 nitrogen and oxygen atoms in total. The zero-order valence-electron chi connectivity index (χ0n) is 17.6. The van der Waals surface area contributed by atoms with Crippen LogP contribution in [-0.2, 0) is 0 Å². The van der Waals surface area contributed by atoms with Gasteiger partial charge in [-0.1, -0.05) is 11.6 Å². The van der Waals surface area contributed by atoms with E-state index in [4.69, 9.17) is 22.1 Å². The summed E-state index contributed by atoms with van der Waals surface area (Å²) in [5.74, 6) is 0.0963. The first-order valence-corrected chi connectivity index (χ1v) is 10.9. The molecule has 4 heterocycles. The average molecular weight is 439 g/mol. The first-order chi connectivity index (χ1) is 15.1. The highest BCUT2D eigenvalue weighted by Crippen LogP contribution is 2.31. The number of aromatic amines is 1. The van der Waals surface area contributed by atoms with Crippen LogP contribution in [0.2, 0.25) is 5.02 Å². The molecule has 0 spiro atoms. The number of nitrogens with zero attached hydrogens (tertiary/aromatic N) is 8. The number of fused-ring (bicyclic) bond motifs is 3. The van der Waals surface area contributed by atoms with Crippen molar-refractivity contribution in [1.29, 1.82) is 10.5 Å². The van der Waals surface area contributed by atoms with Crippen molar-refractivity contribution >= 4 is 28.9 Å². The van der Waals surface area contributed by atoms with E-state index in [0.29, 0.717) is 10.7 Å². The number of azo groups is 1. The van der Waals surface area contributed by atoms with Crippen LogP contribution < -0.4 is 4.90 Å². The lowest BCUT2D eigenvalue weighted by atomic mass is 10.1. The van der Waals surface area contributed by atoms with Crippen LogP contribution in [0.5, 0.6) is 0 Å². The first-order valence-electron chi connectivity index (χ1n) is 10.5. The summed E-state index contributed by atoms with van der Waals surface area (Å²) < 4.78 is 1.23. The van der Waals surface area contributed by atoms with Gasteiger partial charge in [-0.25, -0.2) is 0 Å². The SMILES string of the molecule is CCN(CC[N+]12CCN(CC1)CC2)c1ccc(N=Nc2nc(C#N)c(C#N)[nH]2)c(Cl)c1. The van der Waals surface area contributed by atoms with Crippen LogP contribution in [-0.4, -0.2) is 78.3 Å². The number of hydrogen-bond donors (Lipinski definition) is 1. The molecule has 1 N–H and O–H groups in total. The van der Waals surface area contributed by atoms with E-state index in [2.05, 4.69) is 36.9 Å². The minimum absolute atomic E-state index is 0.00186. The van der Waals surface area contributed by atoms with Crippen LogP contribution in [0.1, 0.15) is 18.3 Å². The van der Waals surface area contributed by atoms with E-state index < -0.39 is 0 Å². The van der Waals surface area contributed by atoms with Gasteiger partial charge in [0.25, 0.3) is 0 Å². The molecule has 0 unspecified atom stereocenters. The molecule has 5 rings (SSSR count). The van der Waals surface area contributed by atoms with Gasteiger partial charge in [0.15, 0.2) is 11.4 Å². The molecule has 3 aliphatic heterocycles. The quantitative estimate of drug-likeness (QED) is 0.527. The Morgan fingerprint density at radius 3 is 2.52 bits per heavy atom. The number of benzene rings is 1. The summed E-state index contributed by atoms with van der Waals surface area (Å²) in [6.45, 7) is 12.6. The molecule has 0 aliphatic carbocycles. The van der Waals surface area contributed by atoms with Crippen molar-refractivity contribution in [3.63, 3.8) is 0 Å². The molecule has 3 saturated heterocycles. The Hall–Kier alpha value is -2.98. The lowest BCUT2D eigenvalue weighted by molar-refractivity contribution is -0.939. The summed E-state index contributed by atoms with van der Waals surface area (Å²) in [4.78, 5) is 11.5. The normalized spacial score (nSPS) is 22.4. The molecule has 10 heteroatoms. The average Bonchev–Trinajstić information content (AvgIpc) is 3.22. The highest BCUT2D eigenvalue weighted by molar-refractivity contribution is 6.33. The topological polar surface area (TPSA) is 107 Å². The molecule has 2 bridgehead atoms.